The van der Waals surface area contributed by atoms with Crippen LogP contribution < -0.4 is 0 Å². The Morgan fingerprint density at radius 1 is 1.31 bits per heavy atom. The Bertz CT molecular complexity index is 724. The lowest BCUT2D eigenvalue weighted by molar-refractivity contribution is -0.178. The normalized spacial score (nSPS) is 49.9. The average molecular weight is 360 g/mol. The molecule has 4 aliphatic rings. The molecule has 0 spiro atoms. The summed E-state index contributed by atoms with van der Waals surface area (Å²) >= 11 is 0. The number of ketones is 2. The van der Waals surface area contributed by atoms with Crippen molar-refractivity contribution in [1.29, 1.82) is 0 Å². The monoisotopic (exact) mass is 360 g/mol. The maximum atomic E-state index is 12.4. The highest BCUT2D eigenvalue weighted by molar-refractivity contribution is 6.01. The van der Waals surface area contributed by atoms with E-state index in [0.29, 0.717) is 12.8 Å². The van der Waals surface area contributed by atoms with E-state index in [1.807, 2.05) is 13.0 Å². The first-order valence-corrected chi connectivity index (χ1v) is 9.66. The van der Waals surface area contributed by atoms with Gasteiger partial charge >= 0.3 is 0 Å². The first kappa shape index (κ1) is 18.1. The van der Waals surface area contributed by atoms with Gasteiger partial charge < -0.3 is 15.3 Å². The molecule has 5 nitrogen and oxygen atoms in total. The Kier molecular flexibility index (Phi) is 3.89. The van der Waals surface area contributed by atoms with Crippen LogP contribution in [-0.2, 0) is 9.59 Å². The molecule has 0 aromatic rings. The van der Waals surface area contributed by atoms with Gasteiger partial charge in [0.2, 0.25) is 0 Å². The van der Waals surface area contributed by atoms with Crippen LogP contribution in [-0.4, -0.2) is 45.2 Å². The van der Waals surface area contributed by atoms with Gasteiger partial charge in [-0.1, -0.05) is 25.5 Å². The summed E-state index contributed by atoms with van der Waals surface area (Å²) in [7, 11) is 0. The molecule has 142 valence electrons. The van der Waals surface area contributed by atoms with Gasteiger partial charge in [-0.25, -0.2) is 0 Å². The third-order valence-corrected chi connectivity index (χ3v) is 8.25. The zero-order valence-corrected chi connectivity index (χ0v) is 15.4. The first-order chi connectivity index (χ1) is 12.2. The van der Waals surface area contributed by atoms with Gasteiger partial charge in [0.05, 0.1) is 6.10 Å². The predicted molar refractivity (Wildman–Crippen MR) is 95.0 cm³/mol. The summed E-state index contributed by atoms with van der Waals surface area (Å²) in [5, 5.41) is 31.7. The number of aliphatic hydroxyl groups is 3. The Morgan fingerprint density at radius 3 is 2.73 bits per heavy atom. The fourth-order valence-electron chi connectivity index (χ4n) is 6.92. The van der Waals surface area contributed by atoms with Crippen molar-refractivity contribution in [1.82, 2.24) is 0 Å². The van der Waals surface area contributed by atoms with E-state index in [1.54, 1.807) is 12.2 Å². The average Bonchev–Trinajstić information content (AvgIpc) is 2.86. The van der Waals surface area contributed by atoms with Crippen molar-refractivity contribution in [2.75, 3.05) is 6.61 Å². The minimum Gasteiger partial charge on any atom is -0.393 e. The molecule has 0 aromatic carbocycles. The SMILES string of the molecule is C[C@]12C=CC(=O)C=C1CC[C@@H]1[C@@H]2[C@H](O)C[C@@]2(C)[C@H]1CC[C@@]2(O)C(=O)CO. The molecule has 0 radical (unpaired) electrons. The number of aliphatic hydroxyl groups excluding tert-OH is 2. The van der Waals surface area contributed by atoms with Crippen LogP contribution in [0.5, 0.6) is 0 Å². The second-order valence-electron chi connectivity index (χ2n) is 9.19. The summed E-state index contributed by atoms with van der Waals surface area (Å²) in [6, 6.07) is 0. The lowest BCUT2D eigenvalue weighted by atomic mass is 9.46. The fraction of sp³-hybridized carbons (Fsp3) is 0.714. The van der Waals surface area contributed by atoms with Crippen LogP contribution in [0.4, 0.5) is 0 Å². The van der Waals surface area contributed by atoms with Crippen LogP contribution in [0.3, 0.4) is 0 Å². The number of Topliss-reactive ketones (excluding diaryl/α,β-unsaturated/α-hetero) is 1. The van der Waals surface area contributed by atoms with Gasteiger partial charge in [0, 0.05) is 16.7 Å². The highest BCUT2D eigenvalue weighted by atomic mass is 16.3. The minimum absolute atomic E-state index is 0.00912. The molecule has 0 aromatic heterocycles. The number of rotatable bonds is 2. The Balaban J connectivity index is 1.75. The summed E-state index contributed by atoms with van der Waals surface area (Å²) in [5.74, 6) is -0.227. The second-order valence-corrected chi connectivity index (χ2v) is 9.19. The third-order valence-electron chi connectivity index (χ3n) is 8.25. The standard InChI is InChI=1S/C21H28O5/c1-19-7-5-13(23)9-12(19)3-4-14-15-6-8-21(26,17(25)11-22)20(15,2)10-16(24)18(14)19/h5,7,9,14-16,18,22,24,26H,3-4,6,8,10-11H2,1-2H3/t14-,15-,16+,18+,19-,20-,21+/m0/s1. The van der Waals surface area contributed by atoms with E-state index in [4.69, 9.17) is 0 Å². The highest BCUT2D eigenvalue weighted by Gasteiger charge is 2.67. The molecule has 0 heterocycles. The minimum atomic E-state index is -1.56. The number of carbonyl (C=O) groups excluding carboxylic acids is 2. The maximum absolute atomic E-state index is 12.4. The number of carbonyl (C=O) groups is 2. The van der Waals surface area contributed by atoms with Gasteiger partial charge in [0.1, 0.15) is 12.2 Å². The van der Waals surface area contributed by atoms with Crippen molar-refractivity contribution in [3.05, 3.63) is 23.8 Å². The molecule has 3 N–H and O–H groups in total. The lowest BCUT2D eigenvalue weighted by Gasteiger charge is -2.59. The molecule has 5 heteroatoms. The molecule has 26 heavy (non-hydrogen) atoms. The van der Waals surface area contributed by atoms with E-state index in [1.165, 1.54) is 0 Å². The molecular weight excluding hydrogens is 332 g/mol. The molecule has 4 aliphatic carbocycles. The van der Waals surface area contributed by atoms with Crippen LogP contribution in [0.25, 0.3) is 0 Å². The van der Waals surface area contributed by atoms with Gasteiger partial charge in [0.15, 0.2) is 11.6 Å². The van der Waals surface area contributed by atoms with E-state index in [0.717, 1.165) is 24.8 Å². The van der Waals surface area contributed by atoms with Crippen LogP contribution in [0.1, 0.15) is 46.0 Å². The zero-order valence-electron chi connectivity index (χ0n) is 15.4. The molecule has 0 unspecified atom stereocenters. The van der Waals surface area contributed by atoms with Crippen molar-refractivity contribution in [3.8, 4) is 0 Å². The molecular formula is C21H28O5. The van der Waals surface area contributed by atoms with Crippen LogP contribution in [0, 0.1) is 28.6 Å². The maximum Gasteiger partial charge on any atom is 0.190 e. The van der Waals surface area contributed by atoms with E-state index in [-0.39, 0.29) is 29.0 Å². The van der Waals surface area contributed by atoms with E-state index < -0.39 is 29.5 Å². The predicted octanol–water partition coefficient (Wildman–Crippen LogP) is 1.56. The molecule has 0 aliphatic heterocycles. The summed E-state index contributed by atoms with van der Waals surface area (Å²) < 4.78 is 0. The quantitative estimate of drug-likeness (QED) is 0.695. The topological polar surface area (TPSA) is 94.8 Å². The summed E-state index contributed by atoms with van der Waals surface area (Å²) in [4.78, 5) is 24.2. The second kappa shape index (κ2) is 5.60. The Labute approximate surface area is 153 Å². The van der Waals surface area contributed by atoms with Gasteiger partial charge in [-0.05, 0) is 56.1 Å². The van der Waals surface area contributed by atoms with Gasteiger partial charge in [-0.3, -0.25) is 9.59 Å². The zero-order chi connectivity index (χ0) is 18.9. The summed E-state index contributed by atoms with van der Waals surface area (Å²) in [5.41, 5.74) is -1.54. The van der Waals surface area contributed by atoms with E-state index in [9.17, 15) is 24.9 Å². The van der Waals surface area contributed by atoms with Crippen molar-refractivity contribution in [2.24, 2.45) is 28.6 Å². The van der Waals surface area contributed by atoms with Crippen LogP contribution in [0.15, 0.2) is 23.8 Å². The van der Waals surface area contributed by atoms with Crippen LogP contribution >= 0.6 is 0 Å². The summed E-state index contributed by atoms with van der Waals surface area (Å²) in [6.07, 6.45) is 7.68. The van der Waals surface area contributed by atoms with Crippen molar-refractivity contribution >= 4 is 11.6 Å². The first-order valence-electron chi connectivity index (χ1n) is 9.66. The summed E-state index contributed by atoms with van der Waals surface area (Å²) in [6.45, 7) is 3.34. The number of fused-ring (bicyclic) bond motifs is 5. The smallest absolute Gasteiger partial charge is 0.190 e. The van der Waals surface area contributed by atoms with E-state index >= 15 is 0 Å². The van der Waals surface area contributed by atoms with E-state index in [2.05, 4.69) is 6.92 Å². The number of allylic oxidation sites excluding steroid dienone is 4. The van der Waals surface area contributed by atoms with Crippen molar-refractivity contribution in [2.45, 2.75) is 57.7 Å². The van der Waals surface area contributed by atoms with Gasteiger partial charge in [0.25, 0.3) is 0 Å². The molecule has 0 bridgehead atoms. The number of hydrogen-bond donors (Lipinski definition) is 3. The molecule has 0 amide bonds. The molecule has 7 atom stereocenters. The Hall–Kier alpha value is -1.30. The number of hydrogen-bond acceptors (Lipinski definition) is 5. The molecule has 3 saturated carbocycles. The Morgan fingerprint density at radius 2 is 2.04 bits per heavy atom. The van der Waals surface area contributed by atoms with Crippen molar-refractivity contribution in [3.63, 3.8) is 0 Å². The van der Waals surface area contributed by atoms with Gasteiger partial charge in [-0.2, -0.15) is 0 Å². The fourth-order valence-corrected chi connectivity index (χ4v) is 6.92. The molecule has 0 saturated heterocycles. The lowest BCUT2D eigenvalue weighted by Crippen LogP contribution is -2.61. The largest absolute Gasteiger partial charge is 0.393 e. The highest BCUT2D eigenvalue weighted by Crippen LogP contribution is 2.67. The van der Waals surface area contributed by atoms with Gasteiger partial charge in [-0.15, -0.1) is 0 Å². The molecule has 3 fully saturated rings. The third kappa shape index (κ3) is 2.08. The van der Waals surface area contributed by atoms with Crippen LogP contribution in [0.2, 0.25) is 0 Å². The van der Waals surface area contributed by atoms with Crippen molar-refractivity contribution < 1.29 is 24.9 Å². The molecule has 4 rings (SSSR count).